The molecule has 19 heavy (non-hydrogen) atoms. The molecule has 3 rings (SSSR count). The number of nitrogen functional groups attached to an aromatic ring is 1. The monoisotopic (exact) mass is 252 g/mol. The number of benzene rings is 1. The van der Waals surface area contributed by atoms with Gasteiger partial charge in [0.05, 0.1) is 18.3 Å². The van der Waals surface area contributed by atoms with Gasteiger partial charge in [-0.1, -0.05) is 18.2 Å². The third-order valence-corrected chi connectivity index (χ3v) is 2.85. The number of anilines is 1. The van der Waals surface area contributed by atoms with Crippen molar-refractivity contribution in [3.63, 3.8) is 0 Å². The van der Waals surface area contributed by atoms with Crippen molar-refractivity contribution in [3.05, 3.63) is 42.6 Å². The number of methoxy groups -OCH3 is 1. The zero-order valence-corrected chi connectivity index (χ0v) is 10.4. The van der Waals surface area contributed by atoms with Crippen LogP contribution in [0.1, 0.15) is 0 Å². The van der Waals surface area contributed by atoms with E-state index in [1.165, 1.54) is 0 Å². The molecule has 0 aliphatic heterocycles. The predicted octanol–water partition coefficient (Wildman–Crippen LogP) is 2.28. The number of nitrogens with zero attached hydrogens (tertiary/aromatic N) is 3. The van der Waals surface area contributed by atoms with Crippen molar-refractivity contribution in [2.75, 3.05) is 12.8 Å². The van der Waals surface area contributed by atoms with Gasteiger partial charge in [-0.2, -0.15) is 4.98 Å². The Balaban J connectivity index is 2.27. The Morgan fingerprint density at radius 3 is 2.84 bits per heavy atom. The van der Waals surface area contributed by atoms with Gasteiger partial charge in [0, 0.05) is 23.2 Å². The van der Waals surface area contributed by atoms with Gasteiger partial charge in [0.2, 0.25) is 11.8 Å². The highest BCUT2D eigenvalue weighted by Gasteiger charge is 2.08. The number of pyridine rings is 1. The van der Waals surface area contributed by atoms with E-state index in [1.807, 2.05) is 30.3 Å². The molecular formula is C14H12N4O. The maximum Gasteiger partial charge on any atom is 0.223 e. The zero-order chi connectivity index (χ0) is 13.2. The summed E-state index contributed by atoms with van der Waals surface area (Å²) in [5.74, 6) is 0.638. The maximum atomic E-state index is 5.70. The fraction of sp³-hybridized carbons (Fsp3) is 0.0714. The minimum absolute atomic E-state index is 0.190. The molecule has 0 bridgehead atoms. The van der Waals surface area contributed by atoms with Crippen LogP contribution < -0.4 is 10.5 Å². The highest BCUT2D eigenvalue weighted by molar-refractivity contribution is 5.93. The summed E-state index contributed by atoms with van der Waals surface area (Å²) in [4.78, 5) is 12.6. The average molecular weight is 252 g/mol. The molecule has 0 saturated heterocycles. The van der Waals surface area contributed by atoms with Crippen LogP contribution in [0.25, 0.3) is 22.2 Å². The smallest absolute Gasteiger partial charge is 0.223 e. The summed E-state index contributed by atoms with van der Waals surface area (Å²) in [6.07, 6.45) is 1.76. The lowest BCUT2D eigenvalue weighted by molar-refractivity contribution is 0.398. The molecule has 5 heteroatoms. The first-order valence-corrected chi connectivity index (χ1v) is 5.80. The lowest BCUT2D eigenvalue weighted by atomic mass is 10.1. The molecule has 0 radical (unpaired) electrons. The Morgan fingerprint density at radius 1 is 1.11 bits per heavy atom. The number of nitrogens with two attached hydrogens (primary N) is 1. The lowest BCUT2D eigenvalue weighted by Gasteiger charge is -2.07. The van der Waals surface area contributed by atoms with Crippen LogP contribution in [-0.4, -0.2) is 22.1 Å². The topological polar surface area (TPSA) is 73.9 Å². The van der Waals surface area contributed by atoms with Gasteiger partial charge in [0.25, 0.3) is 0 Å². The number of rotatable bonds is 2. The molecule has 2 aromatic heterocycles. The van der Waals surface area contributed by atoms with Gasteiger partial charge in [0.1, 0.15) is 0 Å². The van der Waals surface area contributed by atoms with Crippen molar-refractivity contribution in [1.29, 1.82) is 0 Å². The summed E-state index contributed by atoms with van der Waals surface area (Å²) < 4.78 is 5.12. The number of aromatic nitrogens is 3. The van der Waals surface area contributed by atoms with Crippen LogP contribution in [0.3, 0.4) is 0 Å². The molecule has 0 saturated carbocycles. The van der Waals surface area contributed by atoms with Gasteiger partial charge in [-0.15, -0.1) is 0 Å². The van der Waals surface area contributed by atoms with Crippen molar-refractivity contribution in [2.24, 2.45) is 0 Å². The highest BCUT2D eigenvalue weighted by atomic mass is 16.5. The van der Waals surface area contributed by atoms with E-state index in [0.29, 0.717) is 5.88 Å². The highest BCUT2D eigenvalue weighted by Crippen LogP contribution is 2.28. The first-order valence-electron chi connectivity index (χ1n) is 5.80. The average Bonchev–Trinajstić information content (AvgIpc) is 2.46. The maximum absolute atomic E-state index is 5.70. The third kappa shape index (κ3) is 2.06. The van der Waals surface area contributed by atoms with Crippen molar-refractivity contribution >= 4 is 16.9 Å². The first-order chi connectivity index (χ1) is 9.28. The molecule has 0 spiro atoms. The molecule has 0 unspecified atom stereocenters. The summed E-state index contributed by atoms with van der Waals surface area (Å²) >= 11 is 0. The van der Waals surface area contributed by atoms with Crippen molar-refractivity contribution in [1.82, 2.24) is 15.0 Å². The van der Waals surface area contributed by atoms with E-state index in [4.69, 9.17) is 10.5 Å². The van der Waals surface area contributed by atoms with Crippen LogP contribution in [0, 0.1) is 0 Å². The van der Waals surface area contributed by atoms with Gasteiger partial charge >= 0.3 is 0 Å². The molecule has 0 atom stereocenters. The molecule has 2 N–H and O–H groups in total. The first kappa shape index (κ1) is 11.4. The predicted molar refractivity (Wildman–Crippen MR) is 73.7 cm³/mol. The van der Waals surface area contributed by atoms with Crippen LogP contribution in [0.15, 0.2) is 42.6 Å². The summed E-state index contributed by atoms with van der Waals surface area (Å²) in [6.45, 7) is 0. The Kier molecular flexibility index (Phi) is 2.72. The van der Waals surface area contributed by atoms with Crippen LogP contribution in [0.4, 0.5) is 5.95 Å². The van der Waals surface area contributed by atoms with Gasteiger partial charge in [-0.3, -0.25) is 4.98 Å². The number of hydrogen-bond acceptors (Lipinski definition) is 5. The van der Waals surface area contributed by atoms with Gasteiger partial charge in [0.15, 0.2) is 0 Å². The van der Waals surface area contributed by atoms with E-state index in [9.17, 15) is 0 Å². The Hall–Kier alpha value is -2.69. The quantitative estimate of drug-likeness (QED) is 0.757. The number of ether oxygens (including phenoxy) is 1. The third-order valence-electron chi connectivity index (χ3n) is 2.85. The van der Waals surface area contributed by atoms with Gasteiger partial charge < -0.3 is 10.5 Å². The summed E-state index contributed by atoms with van der Waals surface area (Å²) in [5.41, 5.74) is 8.29. The lowest BCUT2D eigenvalue weighted by Crippen LogP contribution is -1.99. The molecule has 2 heterocycles. The molecule has 0 fully saturated rings. The van der Waals surface area contributed by atoms with E-state index in [0.717, 1.165) is 22.2 Å². The molecular weight excluding hydrogens is 240 g/mol. The van der Waals surface area contributed by atoms with Crippen molar-refractivity contribution in [2.45, 2.75) is 0 Å². The largest absolute Gasteiger partial charge is 0.481 e. The van der Waals surface area contributed by atoms with E-state index < -0.39 is 0 Å². The minimum Gasteiger partial charge on any atom is -0.481 e. The van der Waals surface area contributed by atoms with Crippen LogP contribution in [0.2, 0.25) is 0 Å². The summed E-state index contributed by atoms with van der Waals surface area (Å²) in [6, 6.07) is 11.5. The molecule has 5 nitrogen and oxygen atoms in total. The molecule has 0 aliphatic rings. The fourth-order valence-corrected chi connectivity index (χ4v) is 2.01. The summed E-state index contributed by atoms with van der Waals surface area (Å²) in [7, 11) is 1.55. The molecule has 0 amide bonds. The Bertz CT molecular complexity index is 737. The normalized spacial score (nSPS) is 10.6. The second-order valence-electron chi connectivity index (χ2n) is 4.03. The minimum atomic E-state index is 0.190. The second kappa shape index (κ2) is 4.53. The molecule has 0 aliphatic carbocycles. The molecule has 3 aromatic rings. The molecule has 1 aromatic carbocycles. The fourth-order valence-electron chi connectivity index (χ4n) is 2.01. The Morgan fingerprint density at radius 2 is 2.00 bits per heavy atom. The second-order valence-corrected chi connectivity index (χ2v) is 4.03. The van der Waals surface area contributed by atoms with Crippen LogP contribution >= 0.6 is 0 Å². The van der Waals surface area contributed by atoms with Crippen molar-refractivity contribution in [3.8, 4) is 17.1 Å². The van der Waals surface area contributed by atoms with E-state index in [-0.39, 0.29) is 5.95 Å². The SMILES string of the molecule is COc1cc(-c2cccc3ncccc23)nc(N)n1. The zero-order valence-electron chi connectivity index (χ0n) is 10.4. The standard InChI is InChI=1S/C14H12N4O/c1-19-13-8-12(17-14(15)18-13)10-4-2-6-11-9(10)5-3-7-16-11/h2-8H,1H3,(H2,15,17,18). The van der Waals surface area contributed by atoms with E-state index >= 15 is 0 Å². The Labute approximate surface area is 110 Å². The van der Waals surface area contributed by atoms with Crippen LogP contribution in [0.5, 0.6) is 5.88 Å². The van der Waals surface area contributed by atoms with Gasteiger partial charge in [-0.25, -0.2) is 4.98 Å². The van der Waals surface area contributed by atoms with E-state index in [2.05, 4.69) is 15.0 Å². The summed E-state index contributed by atoms with van der Waals surface area (Å²) in [5, 5.41) is 1.02. The van der Waals surface area contributed by atoms with Crippen LogP contribution in [-0.2, 0) is 0 Å². The van der Waals surface area contributed by atoms with Gasteiger partial charge in [-0.05, 0) is 12.1 Å². The van der Waals surface area contributed by atoms with E-state index in [1.54, 1.807) is 19.4 Å². The van der Waals surface area contributed by atoms with Crippen molar-refractivity contribution < 1.29 is 4.74 Å². The molecule has 94 valence electrons. The number of fused-ring (bicyclic) bond motifs is 1. The number of hydrogen-bond donors (Lipinski definition) is 1.